The molecule has 0 saturated carbocycles. The lowest BCUT2D eigenvalue weighted by Crippen LogP contribution is -2.47. The SMILES string of the molecule is CN1CCC[C@@H]1CN(C)S(=O)(=O)NC(=O)Nc1c2c(cc3c1CCC3)CC=C2. The number of carbonyl (C=O) groups excluding carboxylic acids is 1. The average molecular weight is 405 g/mol. The highest BCUT2D eigenvalue weighted by molar-refractivity contribution is 7.87. The molecule has 4 rings (SSSR count). The van der Waals surface area contributed by atoms with Crippen molar-refractivity contribution in [3.8, 4) is 0 Å². The Bertz CT molecular complexity index is 925. The van der Waals surface area contributed by atoms with Gasteiger partial charge >= 0.3 is 16.2 Å². The van der Waals surface area contributed by atoms with Gasteiger partial charge < -0.3 is 10.2 Å². The molecule has 1 aliphatic heterocycles. The number of allylic oxidation sites excluding steroid dienone is 1. The Morgan fingerprint density at radius 3 is 2.86 bits per heavy atom. The number of carbonyl (C=O) groups is 1. The second kappa shape index (κ2) is 7.50. The summed E-state index contributed by atoms with van der Waals surface area (Å²) in [4.78, 5) is 14.7. The van der Waals surface area contributed by atoms with E-state index in [4.69, 9.17) is 0 Å². The van der Waals surface area contributed by atoms with E-state index in [2.05, 4.69) is 27.1 Å². The van der Waals surface area contributed by atoms with Gasteiger partial charge in [-0.2, -0.15) is 12.7 Å². The van der Waals surface area contributed by atoms with Crippen LogP contribution >= 0.6 is 0 Å². The largest absolute Gasteiger partial charge is 0.333 e. The van der Waals surface area contributed by atoms with Crippen molar-refractivity contribution in [2.75, 3.05) is 32.5 Å². The van der Waals surface area contributed by atoms with Crippen molar-refractivity contribution >= 4 is 28.0 Å². The maximum Gasteiger partial charge on any atom is 0.333 e. The molecule has 1 atom stereocenters. The third-order valence-electron chi connectivity index (χ3n) is 6.16. The molecule has 0 radical (unpaired) electrons. The van der Waals surface area contributed by atoms with Crippen molar-refractivity contribution in [3.63, 3.8) is 0 Å². The molecule has 1 fully saturated rings. The molecule has 0 bridgehead atoms. The summed E-state index contributed by atoms with van der Waals surface area (Å²) in [7, 11) is -0.373. The fourth-order valence-electron chi connectivity index (χ4n) is 4.57. The second-order valence-corrected chi connectivity index (χ2v) is 9.82. The maximum absolute atomic E-state index is 12.6. The van der Waals surface area contributed by atoms with Gasteiger partial charge in [0, 0.05) is 25.2 Å². The monoisotopic (exact) mass is 404 g/mol. The molecule has 1 saturated heterocycles. The molecule has 152 valence electrons. The third kappa shape index (κ3) is 3.68. The van der Waals surface area contributed by atoms with Gasteiger partial charge in [-0.3, -0.25) is 0 Å². The first-order valence-corrected chi connectivity index (χ1v) is 11.4. The molecule has 2 aliphatic carbocycles. The first-order chi connectivity index (χ1) is 13.3. The van der Waals surface area contributed by atoms with E-state index in [0.717, 1.165) is 61.9 Å². The Kier molecular flexibility index (Phi) is 5.20. The second-order valence-electron chi connectivity index (χ2n) is 8.04. The number of urea groups is 1. The highest BCUT2D eigenvalue weighted by atomic mass is 32.2. The lowest BCUT2D eigenvalue weighted by Gasteiger charge is -2.25. The summed E-state index contributed by atoms with van der Waals surface area (Å²) in [5.41, 5.74) is 5.37. The summed E-state index contributed by atoms with van der Waals surface area (Å²) in [5.74, 6) is 0. The number of nitrogens with zero attached hydrogens (tertiary/aromatic N) is 2. The number of hydrogen-bond donors (Lipinski definition) is 2. The van der Waals surface area contributed by atoms with E-state index in [-0.39, 0.29) is 6.04 Å². The predicted octanol–water partition coefficient (Wildman–Crippen LogP) is 2.14. The first kappa shape index (κ1) is 19.4. The number of rotatable bonds is 5. The highest BCUT2D eigenvalue weighted by Gasteiger charge is 2.29. The molecular weight excluding hydrogens is 376 g/mol. The molecule has 0 unspecified atom stereocenters. The van der Waals surface area contributed by atoms with Crippen LogP contribution in [-0.4, -0.2) is 56.9 Å². The van der Waals surface area contributed by atoms with E-state index in [1.54, 1.807) is 0 Å². The molecule has 2 N–H and O–H groups in total. The van der Waals surface area contributed by atoms with Crippen LogP contribution < -0.4 is 10.0 Å². The minimum atomic E-state index is -3.89. The van der Waals surface area contributed by atoms with Crippen molar-refractivity contribution in [1.29, 1.82) is 0 Å². The number of hydrogen-bond acceptors (Lipinski definition) is 4. The van der Waals surface area contributed by atoms with Crippen LogP contribution in [0.25, 0.3) is 6.08 Å². The Hall–Kier alpha value is -1.90. The maximum atomic E-state index is 12.6. The van der Waals surface area contributed by atoms with E-state index in [9.17, 15) is 13.2 Å². The Labute approximate surface area is 167 Å². The zero-order valence-corrected chi connectivity index (χ0v) is 17.3. The van der Waals surface area contributed by atoms with Crippen LogP contribution in [0.1, 0.15) is 41.5 Å². The minimum absolute atomic E-state index is 0.190. The standard InChI is InChI=1S/C20H28N4O3S/c1-23-11-5-8-16(23)13-24(2)28(26,27)22-20(25)21-19-17-9-3-6-14(17)12-15-7-4-10-18(15)19/h3,9,12,16H,4-8,10-11,13H2,1-2H3,(H2,21,22,25)/t16-/m1/s1. The molecule has 0 aromatic heterocycles. The predicted molar refractivity (Wildman–Crippen MR) is 111 cm³/mol. The van der Waals surface area contributed by atoms with Crippen LogP contribution in [0, 0.1) is 0 Å². The van der Waals surface area contributed by atoms with Gasteiger partial charge in [0.25, 0.3) is 0 Å². The fraction of sp³-hybridized carbons (Fsp3) is 0.550. The van der Waals surface area contributed by atoms with E-state index >= 15 is 0 Å². The number of likely N-dealkylation sites (N-methyl/N-ethyl adjacent to an activating group) is 2. The zero-order chi connectivity index (χ0) is 19.9. The lowest BCUT2D eigenvalue weighted by molar-refractivity contribution is 0.253. The normalized spacial score (nSPS) is 21.2. The van der Waals surface area contributed by atoms with Gasteiger partial charge in [0.1, 0.15) is 0 Å². The number of likely N-dealkylation sites (tertiary alicyclic amines) is 1. The molecule has 1 aromatic carbocycles. The van der Waals surface area contributed by atoms with Crippen LogP contribution in [0.5, 0.6) is 0 Å². The van der Waals surface area contributed by atoms with Gasteiger partial charge in [0.15, 0.2) is 0 Å². The van der Waals surface area contributed by atoms with Gasteiger partial charge in [-0.25, -0.2) is 9.52 Å². The summed E-state index contributed by atoms with van der Waals surface area (Å²) < 4.78 is 28.6. The molecule has 2 amide bonds. The van der Waals surface area contributed by atoms with E-state index in [1.807, 2.05) is 13.1 Å². The smallest absolute Gasteiger partial charge is 0.306 e. The van der Waals surface area contributed by atoms with Crippen molar-refractivity contribution in [2.24, 2.45) is 0 Å². The quantitative estimate of drug-likeness (QED) is 0.788. The molecule has 3 aliphatic rings. The minimum Gasteiger partial charge on any atom is -0.306 e. The Morgan fingerprint density at radius 1 is 1.29 bits per heavy atom. The molecule has 1 aromatic rings. The number of anilines is 1. The van der Waals surface area contributed by atoms with Crippen LogP contribution in [0.3, 0.4) is 0 Å². The summed E-state index contributed by atoms with van der Waals surface area (Å²) in [5, 5.41) is 2.84. The van der Waals surface area contributed by atoms with Gasteiger partial charge in [0.2, 0.25) is 0 Å². The van der Waals surface area contributed by atoms with Crippen LogP contribution in [0.2, 0.25) is 0 Å². The molecule has 0 spiro atoms. The van der Waals surface area contributed by atoms with Crippen LogP contribution in [0.15, 0.2) is 12.1 Å². The molecular formula is C20H28N4O3S. The average Bonchev–Trinajstić information content (AvgIpc) is 3.35. The van der Waals surface area contributed by atoms with Crippen molar-refractivity contribution in [3.05, 3.63) is 34.4 Å². The molecule has 8 heteroatoms. The first-order valence-electron chi connectivity index (χ1n) is 9.94. The van der Waals surface area contributed by atoms with Crippen molar-refractivity contribution in [1.82, 2.24) is 13.9 Å². The Balaban J connectivity index is 1.47. The van der Waals surface area contributed by atoms with Crippen LogP contribution in [0.4, 0.5) is 10.5 Å². The van der Waals surface area contributed by atoms with E-state index < -0.39 is 16.2 Å². The fourth-order valence-corrected chi connectivity index (χ4v) is 5.38. The third-order valence-corrected chi connectivity index (χ3v) is 7.57. The number of fused-ring (bicyclic) bond motifs is 2. The van der Waals surface area contributed by atoms with Gasteiger partial charge in [-0.15, -0.1) is 0 Å². The molecule has 28 heavy (non-hydrogen) atoms. The van der Waals surface area contributed by atoms with E-state index in [1.165, 1.54) is 22.5 Å². The summed E-state index contributed by atoms with van der Waals surface area (Å²) in [6.45, 7) is 1.35. The molecule has 1 heterocycles. The van der Waals surface area contributed by atoms with Crippen molar-refractivity contribution in [2.45, 2.75) is 44.6 Å². The number of nitrogens with one attached hydrogen (secondary N) is 2. The highest BCUT2D eigenvalue weighted by Crippen LogP contribution is 2.37. The summed E-state index contributed by atoms with van der Waals surface area (Å²) in [6, 6.07) is 1.72. The zero-order valence-electron chi connectivity index (χ0n) is 16.5. The van der Waals surface area contributed by atoms with Gasteiger partial charge in [-0.05, 0) is 68.8 Å². The van der Waals surface area contributed by atoms with Gasteiger partial charge in [-0.1, -0.05) is 18.2 Å². The number of benzene rings is 1. The van der Waals surface area contributed by atoms with Gasteiger partial charge in [0.05, 0.1) is 5.69 Å². The lowest BCUT2D eigenvalue weighted by atomic mass is 9.98. The van der Waals surface area contributed by atoms with E-state index in [0.29, 0.717) is 6.54 Å². The topological polar surface area (TPSA) is 81.8 Å². The summed E-state index contributed by atoms with van der Waals surface area (Å²) in [6.07, 6.45) is 9.97. The number of amides is 2. The summed E-state index contributed by atoms with van der Waals surface area (Å²) >= 11 is 0. The Morgan fingerprint density at radius 2 is 2.11 bits per heavy atom. The van der Waals surface area contributed by atoms with Crippen molar-refractivity contribution < 1.29 is 13.2 Å². The number of aryl methyl sites for hydroxylation is 1. The van der Waals surface area contributed by atoms with Crippen LogP contribution in [-0.2, 0) is 29.5 Å². The molecule has 7 nitrogen and oxygen atoms in total.